The molecule has 0 bridgehead atoms. The number of hydrogen-bond donors (Lipinski definition) is 3. The van der Waals surface area contributed by atoms with Crippen molar-refractivity contribution < 1.29 is 14.3 Å². The zero-order valence-corrected chi connectivity index (χ0v) is 24.5. The van der Waals surface area contributed by atoms with Crippen LogP contribution in [0.1, 0.15) is 79.8 Å². The summed E-state index contributed by atoms with van der Waals surface area (Å²) < 4.78 is 12.0. The lowest BCUT2D eigenvalue weighted by atomic mass is 9.88. The molecular weight excluding hydrogens is 512 g/mol. The van der Waals surface area contributed by atoms with E-state index in [0.29, 0.717) is 31.7 Å². The lowest BCUT2D eigenvalue weighted by Crippen LogP contribution is -2.30. The first-order chi connectivity index (χ1) is 20.1. The van der Waals surface area contributed by atoms with Crippen LogP contribution in [0.5, 0.6) is 5.75 Å². The summed E-state index contributed by atoms with van der Waals surface area (Å²) in [6, 6.07) is 17.6. The van der Waals surface area contributed by atoms with E-state index in [0.717, 1.165) is 73.8 Å². The van der Waals surface area contributed by atoms with Crippen LogP contribution >= 0.6 is 0 Å². The predicted octanol–water partition coefficient (Wildman–Crippen LogP) is 6.16. The monoisotopic (exact) mass is 558 g/mol. The minimum Gasteiger partial charge on any atom is -0.492 e. The number of ether oxygens (including phenoxy) is 2. The van der Waals surface area contributed by atoms with Crippen LogP contribution in [-0.2, 0) is 17.6 Å². The molecule has 0 radical (unpaired) electrons. The van der Waals surface area contributed by atoms with Gasteiger partial charge in [0, 0.05) is 35.8 Å². The average molecular weight is 559 g/mol. The fraction of sp³-hybridized carbons (Fsp3) is 0.529. The Kier molecular flexibility index (Phi) is 10.5. The molecule has 2 aliphatic rings. The number of nitrogens with two attached hydrogens (primary N) is 1. The Balaban J connectivity index is 1.09. The van der Waals surface area contributed by atoms with Crippen molar-refractivity contribution in [2.45, 2.75) is 83.3 Å². The number of benzene rings is 2. The molecule has 1 saturated carbocycles. The van der Waals surface area contributed by atoms with E-state index < -0.39 is 0 Å². The summed E-state index contributed by atoms with van der Waals surface area (Å²) in [6.45, 7) is 4.62. The van der Waals surface area contributed by atoms with Crippen LogP contribution in [0.2, 0.25) is 0 Å². The Hall–Kier alpha value is -3.16. The molecule has 4 N–H and O–H groups in total. The van der Waals surface area contributed by atoms with Crippen LogP contribution < -0.4 is 21.1 Å². The highest BCUT2D eigenvalue weighted by Crippen LogP contribution is 2.38. The van der Waals surface area contributed by atoms with Gasteiger partial charge in [0.05, 0.1) is 12.1 Å². The molecule has 5 rings (SSSR count). The number of para-hydroxylation sites is 1. The van der Waals surface area contributed by atoms with Crippen molar-refractivity contribution in [3.63, 3.8) is 0 Å². The number of amides is 1. The maximum absolute atomic E-state index is 11.7. The van der Waals surface area contributed by atoms with Gasteiger partial charge in [-0.3, -0.25) is 4.98 Å². The quantitative estimate of drug-likeness (QED) is 0.193. The minimum atomic E-state index is -0.343. The van der Waals surface area contributed by atoms with Crippen molar-refractivity contribution in [3.8, 4) is 5.75 Å². The molecule has 0 aliphatic heterocycles. The van der Waals surface area contributed by atoms with Gasteiger partial charge in [-0.15, -0.1) is 0 Å². The summed E-state index contributed by atoms with van der Waals surface area (Å²) in [5.41, 5.74) is 11.7. The van der Waals surface area contributed by atoms with E-state index in [1.165, 1.54) is 36.0 Å². The first kappa shape index (κ1) is 29.3. The number of aryl methyl sites for hydroxylation is 2. The molecule has 0 saturated heterocycles. The highest BCUT2D eigenvalue weighted by atomic mass is 16.6. The van der Waals surface area contributed by atoms with E-state index >= 15 is 0 Å². The predicted molar refractivity (Wildman–Crippen MR) is 164 cm³/mol. The van der Waals surface area contributed by atoms with Gasteiger partial charge in [-0.1, -0.05) is 49.2 Å². The first-order valence-corrected chi connectivity index (χ1v) is 15.6. The maximum atomic E-state index is 11.7. The van der Waals surface area contributed by atoms with Crippen molar-refractivity contribution in [2.75, 3.05) is 26.2 Å². The number of alkyl carbamates (subject to hydrolysis) is 1. The van der Waals surface area contributed by atoms with Gasteiger partial charge < -0.3 is 25.8 Å². The van der Waals surface area contributed by atoms with E-state index in [4.69, 9.17) is 20.2 Å². The van der Waals surface area contributed by atoms with Crippen LogP contribution in [0.3, 0.4) is 0 Å². The third-order valence-electron chi connectivity index (χ3n) is 8.51. The molecule has 1 fully saturated rings. The molecule has 3 atom stereocenters. The molecule has 3 aromatic rings. The molecule has 41 heavy (non-hydrogen) atoms. The number of pyridine rings is 1. The Bertz CT molecular complexity index is 1300. The van der Waals surface area contributed by atoms with Crippen molar-refractivity contribution in [3.05, 3.63) is 70.9 Å². The summed E-state index contributed by atoms with van der Waals surface area (Å²) >= 11 is 0. The number of fused-ring (bicyclic) bond motifs is 2. The van der Waals surface area contributed by atoms with Crippen LogP contribution in [0, 0.1) is 12.8 Å². The zero-order chi connectivity index (χ0) is 28.4. The summed E-state index contributed by atoms with van der Waals surface area (Å²) in [7, 11) is 0. The van der Waals surface area contributed by atoms with Crippen LogP contribution in [0.15, 0.2) is 48.5 Å². The van der Waals surface area contributed by atoms with E-state index in [9.17, 15) is 4.79 Å². The SMILES string of the molecule is Cc1nc2ccccc2c(OCCCNC2CCCc3ccccc32)c1CCCCCC1CC1OC(=O)NCCN. The Labute approximate surface area is 244 Å². The van der Waals surface area contributed by atoms with E-state index in [1.54, 1.807) is 0 Å². The third-order valence-corrected chi connectivity index (χ3v) is 8.51. The number of aromatic nitrogens is 1. The normalized spacial score (nSPS) is 19.5. The number of carbonyl (C=O) groups excluding carboxylic acids is 1. The number of nitrogens with zero attached hydrogens (tertiary/aromatic N) is 1. The number of nitrogens with one attached hydrogen (secondary N) is 2. The zero-order valence-electron chi connectivity index (χ0n) is 24.5. The summed E-state index contributed by atoms with van der Waals surface area (Å²) in [5.74, 6) is 1.51. The number of hydrogen-bond acceptors (Lipinski definition) is 6. The largest absolute Gasteiger partial charge is 0.492 e. The lowest BCUT2D eigenvalue weighted by Gasteiger charge is -2.26. The molecule has 0 spiro atoms. The fourth-order valence-corrected chi connectivity index (χ4v) is 6.19. The van der Waals surface area contributed by atoms with Crippen molar-refractivity contribution in [1.82, 2.24) is 15.6 Å². The Morgan fingerprint density at radius 1 is 1.05 bits per heavy atom. The first-order valence-electron chi connectivity index (χ1n) is 15.6. The minimum absolute atomic E-state index is 0.0713. The highest BCUT2D eigenvalue weighted by Gasteiger charge is 2.39. The van der Waals surface area contributed by atoms with Gasteiger partial charge in [-0.05, 0) is 94.0 Å². The Morgan fingerprint density at radius 3 is 2.80 bits per heavy atom. The number of carbonyl (C=O) groups is 1. The molecule has 7 nitrogen and oxygen atoms in total. The second-order valence-corrected chi connectivity index (χ2v) is 11.6. The van der Waals surface area contributed by atoms with Gasteiger partial charge in [0.2, 0.25) is 0 Å². The third kappa shape index (κ3) is 7.98. The second kappa shape index (κ2) is 14.6. The lowest BCUT2D eigenvalue weighted by molar-refractivity contribution is 0.133. The van der Waals surface area contributed by atoms with Crippen LogP contribution in [0.25, 0.3) is 10.9 Å². The summed E-state index contributed by atoms with van der Waals surface area (Å²) in [6.07, 6.45) is 10.7. The van der Waals surface area contributed by atoms with Crippen molar-refractivity contribution in [1.29, 1.82) is 0 Å². The topological polar surface area (TPSA) is 98.5 Å². The van der Waals surface area contributed by atoms with E-state index in [1.807, 2.05) is 6.07 Å². The summed E-state index contributed by atoms with van der Waals surface area (Å²) in [4.78, 5) is 16.6. The van der Waals surface area contributed by atoms with E-state index in [-0.39, 0.29) is 12.2 Å². The Morgan fingerprint density at radius 2 is 1.90 bits per heavy atom. The van der Waals surface area contributed by atoms with Gasteiger partial charge in [0.1, 0.15) is 11.9 Å². The molecule has 3 unspecified atom stereocenters. The molecule has 220 valence electrons. The fourth-order valence-electron chi connectivity index (χ4n) is 6.19. The van der Waals surface area contributed by atoms with Gasteiger partial charge in [0.25, 0.3) is 0 Å². The molecular formula is C34H46N4O3. The molecule has 2 aromatic carbocycles. The molecule has 2 aliphatic carbocycles. The van der Waals surface area contributed by atoms with E-state index in [2.05, 4.69) is 60.0 Å². The van der Waals surface area contributed by atoms with Crippen molar-refractivity contribution >= 4 is 17.0 Å². The van der Waals surface area contributed by atoms with Gasteiger partial charge >= 0.3 is 6.09 Å². The molecule has 1 aromatic heterocycles. The molecule has 7 heteroatoms. The highest BCUT2D eigenvalue weighted by molar-refractivity contribution is 5.86. The van der Waals surface area contributed by atoms with Crippen LogP contribution in [-0.4, -0.2) is 43.4 Å². The maximum Gasteiger partial charge on any atom is 0.407 e. The molecule has 1 amide bonds. The average Bonchev–Trinajstić information content (AvgIpc) is 3.73. The second-order valence-electron chi connectivity index (χ2n) is 11.6. The van der Waals surface area contributed by atoms with Gasteiger partial charge in [-0.25, -0.2) is 4.79 Å². The summed E-state index contributed by atoms with van der Waals surface area (Å²) in [5, 5.41) is 7.56. The standard InChI is InChI=1S/C34H46N4O3/c1-24-27(14-4-2-3-12-26-23-32(26)41-34(39)37-21-19-35)33(29-16-7-8-17-31(29)38-24)40-22-10-20-36-30-18-9-13-25-11-5-6-15-28(25)30/h5-8,11,15-17,26,30,32,36H,2-4,9-10,12-14,18-23,35H2,1H3,(H,37,39). The smallest absolute Gasteiger partial charge is 0.407 e. The van der Waals surface area contributed by atoms with Gasteiger partial charge in [-0.2, -0.15) is 0 Å². The number of unbranched alkanes of at least 4 members (excludes halogenated alkanes) is 2. The van der Waals surface area contributed by atoms with Crippen molar-refractivity contribution in [2.24, 2.45) is 11.7 Å². The van der Waals surface area contributed by atoms with Gasteiger partial charge in [0.15, 0.2) is 0 Å². The molecule has 1 heterocycles. The number of rotatable bonds is 15. The van der Waals surface area contributed by atoms with Crippen LogP contribution in [0.4, 0.5) is 4.79 Å².